The molecule has 0 unspecified atom stereocenters. The average Bonchev–Trinajstić information content (AvgIpc) is 2.35. The van der Waals surface area contributed by atoms with E-state index in [4.69, 9.17) is 0 Å². The molecule has 0 aliphatic heterocycles. The molecule has 16 heavy (non-hydrogen) atoms. The summed E-state index contributed by atoms with van der Waals surface area (Å²) in [4.78, 5) is 1.35. The zero-order valence-corrected chi connectivity index (χ0v) is 11.5. The molecular formula is C13H13S3. The van der Waals surface area contributed by atoms with Crippen LogP contribution in [0.3, 0.4) is 0 Å². The zero-order chi connectivity index (χ0) is 11.2. The minimum Gasteiger partial charge on any atom is -0.0776 e. The quantitative estimate of drug-likeness (QED) is 0.495. The van der Waals surface area contributed by atoms with Gasteiger partial charge >= 0.3 is 0 Å². The van der Waals surface area contributed by atoms with E-state index in [0.717, 1.165) is 6.42 Å². The first-order valence-corrected chi connectivity index (χ1v) is 8.76. The molecule has 0 spiro atoms. The Morgan fingerprint density at radius 2 is 1.88 bits per heavy atom. The third kappa shape index (κ3) is 3.12. The number of hydrogen-bond acceptors (Lipinski definition) is 3. The van der Waals surface area contributed by atoms with Crippen LogP contribution in [-0.4, -0.2) is 0 Å². The Hall–Kier alpha value is -0.250. The van der Waals surface area contributed by atoms with Gasteiger partial charge in [-0.15, -0.1) is 0 Å². The first kappa shape index (κ1) is 12.2. The van der Waals surface area contributed by atoms with Gasteiger partial charge < -0.3 is 0 Å². The highest BCUT2D eigenvalue weighted by molar-refractivity contribution is 9.09. The summed E-state index contributed by atoms with van der Waals surface area (Å²) in [5.74, 6) is 2.22. The molecule has 0 atom stereocenters. The van der Waals surface area contributed by atoms with Crippen LogP contribution in [0.15, 0.2) is 47.4 Å². The molecule has 0 aliphatic carbocycles. The van der Waals surface area contributed by atoms with Crippen molar-refractivity contribution >= 4 is 42.2 Å². The number of hydrogen-bond donors (Lipinski definition) is 0. The Morgan fingerprint density at radius 3 is 2.75 bits per heavy atom. The fourth-order valence-corrected chi connectivity index (χ4v) is 5.00. The third-order valence-corrected chi connectivity index (χ3v) is 6.01. The van der Waals surface area contributed by atoms with Crippen LogP contribution in [0.4, 0.5) is 0 Å². The van der Waals surface area contributed by atoms with E-state index in [1.54, 1.807) is 0 Å². The summed E-state index contributed by atoms with van der Waals surface area (Å²) in [5, 5.41) is 2.66. The van der Waals surface area contributed by atoms with Gasteiger partial charge in [0.1, 0.15) is 0 Å². The van der Waals surface area contributed by atoms with Gasteiger partial charge in [-0.1, -0.05) is 54.1 Å². The predicted octanol–water partition coefficient (Wildman–Crippen LogP) is 5.80. The molecule has 0 N–H and O–H groups in total. The van der Waals surface area contributed by atoms with Crippen molar-refractivity contribution in [1.82, 2.24) is 0 Å². The molecule has 0 aromatic heterocycles. The first-order chi connectivity index (χ1) is 7.92. The smallest absolute Gasteiger partial charge is 0.0284 e. The number of benzene rings is 2. The predicted molar refractivity (Wildman–Crippen MR) is 79.6 cm³/mol. The van der Waals surface area contributed by atoms with Crippen molar-refractivity contribution in [2.75, 3.05) is 0 Å². The van der Waals surface area contributed by atoms with Crippen LogP contribution in [0.2, 0.25) is 0 Å². The SMILES string of the molecule is CC[CH]SSSc1cccc2ccccc12. The topological polar surface area (TPSA) is 0 Å². The summed E-state index contributed by atoms with van der Waals surface area (Å²) in [6.07, 6.45) is 1.12. The van der Waals surface area contributed by atoms with Crippen LogP contribution in [0.5, 0.6) is 0 Å². The second-order valence-corrected chi connectivity index (χ2v) is 7.28. The normalized spacial score (nSPS) is 10.8. The van der Waals surface area contributed by atoms with Crippen molar-refractivity contribution in [2.45, 2.75) is 18.2 Å². The number of rotatable bonds is 5. The van der Waals surface area contributed by atoms with Crippen LogP contribution >= 0.6 is 31.4 Å². The zero-order valence-electron chi connectivity index (χ0n) is 9.05. The van der Waals surface area contributed by atoms with Crippen molar-refractivity contribution in [3.63, 3.8) is 0 Å². The largest absolute Gasteiger partial charge is 0.0776 e. The van der Waals surface area contributed by atoms with E-state index < -0.39 is 0 Å². The molecule has 1 radical (unpaired) electrons. The lowest BCUT2D eigenvalue weighted by molar-refractivity contribution is 1.20. The molecule has 3 heteroatoms. The van der Waals surface area contributed by atoms with Gasteiger partial charge in [0.05, 0.1) is 0 Å². The van der Waals surface area contributed by atoms with Gasteiger partial charge in [0.15, 0.2) is 0 Å². The van der Waals surface area contributed by atoms with Crippen molar-refractivity contribution in [2.24, 2.45) is 0 Å². The van der Waals surface area contributed by atoms with Crippen molar-refractivity contribution in [3.05, 3.63) is 48.2 Å². The Bertz CT molecular complexity index is 448. The average molecular weight is 265 g/mol. The molecule has 83 valence electrons. The highest BCUT2D eigenvalue weighted by Gasteiger charge is 2.01. The van der Waals surface area contributed by atoms with E-state index >= 15 is 0 Å². The minimum atomic E-state index is 1.12. The van der Waals surface area contributed by atoms with Crippen LogP contribution in [0.25, 0.3) is 10.8 Å². The first-order valence-electron chi connectivity index (χ1n) is 5.21. The van der Waals surface area contributed by atoms with Crippen LogP contribution in [0, 0.1) is 5.75 Å². The third-order valence-electron chi connectivity index (χ3n) is 2.15. The maximum Gasteiger partial charge on any atom is 0.0284 e. The van der Waals surface area contributed by atoms with Crippen molar-refractivity contribution in [3.8, 4) is 0 Å². The van der Waals surface area contributed by atoms with Gasteiger partial charge in [-0.05, 0) is 43.9 Å². The Labute approximate surface area is 108 Å². The van der Waals surface area contributed by atoms with Gasteiger partial charge in [0, 0.05) is 10.6 Å². The Kier molecular flexibility index (Phi) is 4.94. The molecule has 0 fully saturated rings. The highest BCUT2D eigenvalue weighted by atomic mass is 33.5. The van der Waals surface area contributed by atoms with E-state index in [2.05, 4.69) is 55.1 Å². The van der Waals surface area contributed by atoms with Crippen LogP contribution < -0.4 is 0 Å². The summed E-state index contributed by atoms with van der Waals surface area (Å²) in [6.45, 7) is 2.16. The van der Waals surface area contributed by atoms with Crippen molar-refractivity contribution < 1.29 is 0 Å². The van der Waals surface area contributed by atoms with Crippen LogP contribution in [-0.2, 0) is 0 Å². The summed E-state index contributed by atoms with van der Waals surface area (Å²) in [7, 11) is 5.47. The fourth-order valence-electron chi connectivity index (χ4n) is 1.42. The minimum absolute atomic E-state index is 1.12. The molecule has 0 heterocycles. The molecule has 0 amide bonds. The second kappa shape index (κ2) is 6.48. The molecular weight excluding hydrogens is 252 g/mol. The summed E-state index contributed by atoms with van der Waals surface area (Å²) in [6, 6.07) is 15.0. The van der Waals surface area contributed by atoms with Crippen LogP contribution in [0.1, 0.15) is 13.3 Å². The molecule has 0 aliphatic rings. The monoisotopic (exact) mass is 265 g/mol. The van der Waals surface area contributed by atoms with E-state index in [1.807, 2.05) is 31.4 Å². The number of fused-ring (bicyclic) bond motifs is 1. The van der Waals surface area contributed by atoms with E-state index in [9.17, 15) is 0 Å². The lowest BCUT2D eigenvalue weighted by Crippen LogP contribution is -1.74. The standard InChI is InChI=1S/C13H13S3/c1-2-10-14-16-15-13-9-5-7-11-6-3-4-8-12(11)13/h3-10H,2H2,1H3. The molecule has 2 rings (SSSR count). The van der Waals surface area contributed by atoms with Gasteiger partial charge in [0.2, 0.25) is 0 Å². The molecule has 0 bridgehead atoms. The van der Waals surface area contributed by atoms with Gasteiger partial charge in [0.25, 0.3) is 0 Å². The maximum atomic E-state index is 2.22. The molecule has 2 aromatic rings. The lowest BCUT2D eigenvalue weighted by Gasteiger charge is -2.04. The second-order valence-electron chi connectivity index (χ2n) is 3.30. The fraction of sp³-hybridized carbons (Fsp3) is 0.154. The lowest BCUT2D eigenvalue weighted by atomic mass is 10.1. The summed E-state index contributed by atoms with van der Waals surface area (Å²) in [5.41, 5.74) is 0. The van der Waals surface area contributed by atoms with Gasteiger partial charge in [-0.3, -0.25) is 0 Å². The molecule has 0 saturated heterocycles. The summed E-state index contributed by atoms with van der Waals surface area (Å²) < 4.78 is 0. The van der Waals surface area contributed by atoms with E-state index in [-0.39, 0.29) is 0 Å². The van der Waals surface area contributed by atoms with Gasteiger partial charge in [-0.2, -0.15) is 0 Å². The van der Waals surface area contributed by atoms with Crippen molar-refractivity contribution in [1.29, 1.82) is 0 Å². The maximum absolute atomic E-state index is 2.22. The summed E-state index contributed by atoms with van der Waals surface area (Å²) >= 11 is 0. The molecule has 0 nitrogen and oxygen atoms in total. The van der Waals surface area contributed by atoms with E-state index in [1.165, 1.54) is 15.7 Å². The van der Waals surface area contributed by atoms with E-state index in [0.29, 0.717) is 0 Å². The highest BCUT2D eigenvalue weighted by Crippen LogP contribution is 2.44. The molecule has 0 saturated carbocycles. The van der Waals surface area contributed by atoms with Gasteiger partial charge in [-0.25, -0.2) is 0 Å². The molecule has 2 aromatic carbocycles. The Morgan fingerprint density at radius 1 is 1.06 bits per heavy atom. The Balaban J connectivity index is 2.11.